The van der Waals surface area contributed by atoms with E-state index in [1.165, 1.54) is 25.2 Å². The van der Waals surface area contributed by atoms with E-state index < -0.39 is 12.1 Å². The highest BCUT2D eigenvalue weighted by molar-refractivity contribution is 6.42. The number of carbonyl (C=O) groups excluding carboxylic acids is 2. The van der Waals surface area contributed by atoms with Crippen LogP contribution < -0.4 is 29.9 Å². The molecule has 246 valence electrons. The van der Waals surface area contributed by atoms with Crippen molar-refractivity contribution in [1.29, 1.82) is 0 Å². The van der Waals surface area contributed by atoms with E-state index in [1.807, 2.05) is 44.1 Å². The molecule has 1 aliphatic heterocycles. The normalized spacial score (nSPS) is 13.6. The third kappa shape index (κ3) is 7.27. The smallest absolute Gasteiger partial charge is 0.331 e. The number of hydrogen-bond acceptors (Lipinski definition) is 9. The van der Waals surface area contributed by atoms with Crippen molar-refractivity contribution in [2.24, 2.45) is 7.05 Å². The fourth-order valence-corrected chi connectivity index (χ4v) is 5.75. The van der Waals surface area contributed by atoms with Crippen molar-refractivity contribution >= 4 is 64.1 Å². The van der Waals surface area contributed by atoms with Gasteiger partial charge in [0.05, 0.1) is 32.5 Å². The van der Waals surface area contributed by atoms with Gasteiger partial charge in [0.15, 0.2) is 5.82 Å². The van der Waals surface area contributed by atoms with Crippen LogP contribution in [0.2, 0.25) is 10.0 Å². The molecule has 0 bridgehead atoms. The van der Waals surface area contributed by atoms with Crippen molar-refractivity contribution in [3.05, 3.63) is 82.1 Å². The molecule has 0 saturated carbocycles. The Balaban J connectivity index is 1.56. The number of fused-ring (bicyclic) bond motifs is 1. The van der Waals surface area contributed by atoms with E-state index in [1.54, 1.807) is 53.3 Å². The number of nitrogens with zero attached hydrogens (tertiary/aromatic N) is 7. The molecule has 47 heavy (non-hydrogen) atoms. The van der Waals surface area contributed by atoms with E-state index in [0.29, 0.717) is 29.4 Å². The van der Waals surface area contributed by atoms with E-state index in [4.69, 9.17) is 37.7 Å². The maximum atomic E-state index is 14.6. The van der Waals surface area contributed by atoms with Crippen LogP contribution in [0, 0.1) is 0 Å². The quantitative estimate of drug-likeness (QED) is 0.182. The number of hydrogen-bond donors (Lipinski definition) is 2. The van der Waals surface area contributed by atoms with Crippen molar-refractivity contribution in [1.82, 2.24) is 24.6 Å². The van der Waals surface area contributed by atoms with Crippen LogP contribution in [0.3, 0.4) is 0 Å². The maximum absolute atomic E-state index is 14.6. The second-order valence-corrected chi connectivity index (χ2v) is 11.7. The molecule has 1 aliphatic rings. The fourth-order valence-electron chi connectivity index (χ4n) is 5.05. The Morgan fingerprint density at radius 3 is 2.49 bits per heavy atom. The number of carbonyl (C=O) groups is 2. The first-order valence-electron chi connectivity index (χ1n) is 14.6. The molecule has 2 aromatic heterocycles. The predicted molar refractivity (Wildman–Crippen MR) is 183 cm³/mol. The molecule has 0 spiro atoms. The molecular weight excluding hydrogens is 645 g/mol. The number of aromatic nitrogens is 4. The van der Waals surface area contributed by atoms with E-state index >= 15 is 0 Å². The number of nitrogens with one attached hydrogen (secondary N) is 2. The van der Waals surface area contributed by atoms with Gasteiger partial charge in [0.25, 0.3) is 0 Å². The van der Waals surface area contributed by atoms with Gasteiger partial charge < -0.3 is 25.0 Å². The van der Waals surface area contributed by atoms with Gasteiger partial charge in [-0.05, 0) is 38.7 Å². The Morgan fingerprint density at radius 2 is 1.85 bits per heavy atom. The molecular formula is C32H35Cl2N9O4. The zero-order valence-corrected chi connectivity index (χ0v) is 28.3. The van der Waals surface area contributed by atoms with Crippen LogP contribution >= 0.6 is 23.2 Å². The first-order valence-corrected chi connectivity index (χ1v) is 15.3. The molecule has 2 N–H and O–H groups in total. The Morgan fingerprint density at radius 1 is 1.13 bits per heavy atom. The second kappa shape index (κ2) is 14.3. The van der Waals surface area contributed by atoms with Crippen molar-refractivity contribution < 1.29 is 19.1 Å². The zero-order valence-electron chi connectivity index (χ0n) is 26.8. The molecule has 0 aliphatic carbocycles. The SMILES string of the molecule is COc1cc(OC)c(Cl)c(N2Cc3cnc(Nc4ccn(C)n4)nc3N(C(C)c3cccc(NC(=O)/C=C/CN(C)C)c3)C2=O)c1Cl. The van der Waals surface area contributed by atoms with Gasteiger partial charge >= 0.3 is 6.03 Å². The number of ether oxygens (including phenoxy) is 2. The molecule has 1 atom stereocenters. The summed E-state index contributed by atoms with van der Waals surface area (Å²) in [6.45, 7) is 2.56. The number of likely N-dealkylation sites (N-methyl/N-ethyl adjacent to an activating group) is 1. The number of urea groups is 1. The van der Waals surface area contributed by atoms with Gasteiger partial charge in [-0.15, -0.1) is 0 Å². The summed E-state index contributed by atoms with van der Waals surface area (Å²) in [5, 5.41) is 10.6. The van der Waals surface area contributed by atoms with Crippen molar-refractivity contribution in [2.75, 3.05) is 55.3 Å². The first kappa shape index (κ1) is 33.5. The monoisotopic (exact) mass is 679 g/mol. The van der Waals surface area contributed by atoms with Gasteiger partial charge in [0.1, 0.15) is 27.4 Å². The first-order chi connectivity index (χ1) is 22.5. The molecule has 15 heteroatoms. The highest BCUT2D eigenvalue weighted by atomic mass is 35.5. The van der Waals surface area contributed by atoms with Crippen molar-refractivity contribution in [3.8, 4) is 11.5 Å². The molecule has 1 unspecified atom stereocenters. The molecule has 4 aromatic rings. The molecule has 2 aromatic carbocycles. The number of amides is 3. The van der Waals surface area contributed by atoms with Crippen molar-refractivity contribution in [2.45, 2.75) is 19.5 Å². The Hall–Kier alpha value is -4.85. The lowest BCUT2D eigenvalue weighted by Gasteiger charge is -2.40. The topological polar surface area (TPSA) is 130 Å². The minimum absolute atomic E-state index is 0.0619. The zero-order chi connectivity index (χ0) is 33.8. The summed E-state index contributed by atoms with van der Waals surface area (Å²) in [6, 6.07) is 9.60. The van der Waals surface area contributed by atoms with E-state index in [0.717, 1.165) is 5.56 Å². The molecule has 3 heterocycles. The van der Waals surface area contributed by atoms with Gasteiger partial charge in [-0.1, -0.05) is 41.4 Å². The molecule has 0 fully saturated rings. The van der Waals surface area contributed by atoms with Gasteiger partial charge in [-0.3, -0.25) is 19.3 Å². The lowest BCUT2D eigenvalue weighted by molar-refractivity contribution is -0.111. The highest BCUT2D eigenvalue weighted by Crippen LogP contribution is 2.48. The molecule has 0 saturated heterocycles. The largest absolute Gasteiger partial charge is 0.495 e. The molecule has 0 radical (unpaired) electrons. The van der Waals surface area contributed by atoms with Gasteiger partial charge in [-0.2, -0.15) is 10.1 Å². The molecule has 5 rings (SSSR count). The fraction of sp³-hybridized carbons (Fsp3) is 0.281. The lowest BCUT2D eigenvalue weighted by Crippen LogP contribution is -2.49. The summed E-state index contributed by atoms with van der Waals surface area (Å²) in [5.41, 5.74) is 2.16. The number of anilines is 5. The second-order valence-electron chi connectivity index (χ2n) is 11.0. The minimum Gasteiger partial charge on any atom is -0.495 e. The highest BCUT2D eigenvalue weighted by Gasteiger charge is 2.39. The van der Waals surface area contributed by atoms with Crippen LogP contribution in [-0.2, 0) is 18.4 Å². The van der Waals surface area contributed by atoms with Crippen LogP contribution in [0.15, 0.2) is 60.9 Å². The number of halogens is 2. The third-order valence-corrected chi connectivity index (χ3v) is 8.10. The summed E-state index contributed by atoms with van der Waals surface area (Å²) in [5.74, 6) is 1.49. The number of rotatable bonds is 11. The Kier molecular flexibility index (Phi) is 10.2. The molecule has 3 amide bonds. The summed E-state index contributed by atoms with van der Waals surface area (Å²) in [6.07, 6.45) is 6.69. The van der Waals surface area contributed by atoms with Crippen molar-refractivity contribution in [3.63, 3.8) is 0 Å². The van der Waals surface area contributed by atoms with E-state index in [-0.39, 0.29) is 45.6 Å². The summed E-state index contributed by atoms with van der Waals surface area (Å²) < 4.78 is 12.6. The van der Waals surface area contributed by atoms with Gasteiger partial charge in [0.2, 0.25) is 11.9 Å². The number of methoxy groups -OCH3 is 2. The minimum atomic E-state index is -0.576. The Bertz CT molecular complexity index is 1800. The number of benzene rings is 2. The van der Waals surface area contributed by atoms with Crippen LogP contribution in [0.1, 0.15) is 24.1 Å². The third-order valence-electron chi connectivity index (χ3n) is 7.37. The van der Waals surface area contributed by atoms with E-state index in [2.05, 4.69) is 20.7 Å². The van der Waals surface area contributed by atoms with Crippen LogP contribution in [0.4, 0.5) is 33.8 Å². The predicted octanol–water partition coefficient (Wildman–Crippen LogP) is 6.04. The summed E-state index contributed by atoms with van der Waals surface area (Å²) in [7, 11) is 8.57. The average molecular weight is 681 g/mol. The van der Waals surface area contributed by atoms with E-state index in [9.17, 15) is 9.59 Å². The number of aryl methyl sites for hydroxylation is 1. The standard InChI is InChI=1S/C32H35Cl2N9O4/c1-19(20-9-7-10-22(15-20)36-26(44)11-8-13-40(2)3)43-30-21(17-35-31(38-30)37-25-12-14-41(4)39-25)18-42(32(43)45)29-27(33)23(46-5)16-24(47-6)28(29)34/h7-12,14-17,19H,13,18H2,1-6H3,(H,36,44)(H,35,37,38,39)/b11-8+. The van der Waals surface area contributed by atoms with Gasteiger partial charge in [-0.25, -0.2) is 9.78 Å². The van der Waals surface area contributed by atoms with Crippen LogP contribution in [0.25, 0.3) is 0 Å². The summed E-state index contributed by atoms with van der Waals surface area (Å²) >= 11 is 13.6. The maximum Gasteiger partial charge on any atom is 0.331 e. The lowest BCUT2D eigenvalue weighted by atomic mass is 10.0. The van der Waals surface area contributed by atoms with Crippen LogP contribution in [-0.4, -0.2) is 71.4 Å². The Labute approximate surface area is 282 Å². The average Bonchev–Trinajstić information content (AvgIpc) is 3.45. The van der Waals surface area contributed by atoms with Gasteiger partial charge in [0, 0.05) is 55.4 Å². The molecule has 13 nitrogen and oxygen atoms in total. The summed E-state index contributed by atoms with van der Waals surface area (Å²) in [4.78, 5) is 41.4. The van der Waals surface area contributed by atoms with Crippen LogP contribution in [0.5, 0.6) is 11.5 Å².